The molecule has 1 aromatic rings. The number of nitrogens with one attached hydrogen (secondary N) is 1. The van der Waals surface area contributed by atoms with Gasteiger partial charge < -0.3 is 15.2 Å². The van der Waals surface area contributed by atoms with Gasteiger partial charge in [0.2, 0.25) is 0 Å². The second-order valence-electron chi connectivity index (χ2n) is 5.33. The summed E-state index contributed by atoms with van der Waals surface area (Å²) >= 11 is 0. The SMILES string of the molecule is CCOCc1ccccc1CNC(=O)C1(O)CCCC1. The molecular weight excluding hydrogens is 254 g/mol. The molecule has 20 heavy (non-hydrogen) atoms. The first-order chi connectivity index (χ1) is 9.65. The fourth-order valence-electron chi connectivity index (χ4n) is 2.61. The molecule has 0 saturated heterocycles. The van der Waals surface area contributed by atoms with Crippen LogP contribution in [0.1, 0.15) is 43.7 Å². The Morgan fingerprint density at radius 2 is 1.95 bits per heavy atom. The molecule has 1 aliphatic rings. The van der Waals surface area contributed by atoms with Gasteiger partial charge in [0.25, 0.3) is 5.91 Å². The average molecular weight is 277 g/mol. The lowest BCUT2D eigenvalue weighted by Gasteiger charge is -2.21. The Labute approximate surface area is 120 Å². The highest BCUT2D eigenvalue weighted by atomic mass is 16.5. The third kappa shape index (κ3) is 3.58. The molecule has 2 N–H and O–H groups in total. The zero-order valence-corrected chi connectivity index (χ0v) is 12.0. The Kier molecular flexibility index (Phi) is 5.15. The molecule has 0 atom stereocenters. The van der Waals surface area contributed by atoms with E-state index in [0.29, 0.717) is 32.6 Å². The zero-order chi connectivity index (χ0) is 14.4. The zero-order valence-electron chi connectivity index (χ0n) is 12.0. The minimum absolute atomic E-state index is 0.249. The van der Waals surface area contributed by atoms with Crippen LogP contribution in [-0.4, -0.2) is 23.2 Å². The van der Waals surface area contributed by atoms with E-state index in [9.17, 15) is 9.90 Å². The normalized spacial score (nSPS) is 17.1. The maximum Gasteiger partial charge on any atom is 0.252 e. The van der Waals surface area contributed by atoms with Crippen molar-refractivity contribution in [3.63, 3.8) is 0 Å². The predicted octanol–water partition coefficient (Wildman–Crippen LogP) is 2.14. The van der Waals surface area contributed by atoms with E-state index in [4.69, 9.17) is 4.74 Å². The fourth-order valence-corrected chi connectivity index (χ4v) is 2.61. The third-order valence-electron chi connectivity index (χ3n) is 3.87. The lowest BCUT2D eigenvalue weighted by molar-refractivity contribution is -0.139. The van der Waals surface area contributed by atoms with Crippen molar-refractivity contribution < 1.29 is 14.6 Å². The van der Waals surface area contributed by atoms with Crippen molar-refractivity contribution in [1.82, 2.24) is 5.32 Å². The number of hydrogen-bond acceptors (Lipinski definition) is 3. The van der Waals surface area contributed by atoms with Crippen molar-refractivity contribution in [3.8, 4) is 0 Å². The number of carbonyl (C=O) groups is 1. The minimum atomic E-state index is -1.16. The van der Waals surface area contributed by atoms with Gasteiger partial charge >= 0.3 is 0 Å². The first-order valence-corrected chi connectivity index (χ1v) is 7.31. The van der Waals surface area contributed by atoms with Crippen molar-refractivity contribution in [2.24, 2.45) is 0 Å². The fraction of sp³-hybridized carbons (Fsp3) is 0.562. The van der Waals surface area contributed by atoms with Crippen molar-refractivity contribution >= 4 is 5.91 Å². The first-order valence-electron chi connectivity index (χ1n) is 7.31. The molecule has 0 bridgehead atoms. The van der Waals surface area contributed by atoms with Crippen LogP contribution in [0.15, 0.2) is 24.3 Å². The molecule has 110 valence electrons. The van der Waals surface area contributed by atoms with Crippen LogP contribution >= 0.6 is 0 Å². The number of rotatable bonds is 6. The summed E-state index contributed by atoms with van der Waals surface area (Å²) in [4.78, 5) is 12.1. The molecular formula is C16H23NO3. The minimum Gasteiger partial charge on any atom is -0.380 e. The lowest BCUT2D eigenvalue weighted by Crippen LogP contribution is -2.44. The van der Waals surface area contributed by atoms with E-state index < -0.39 is 5.60 Å². The second-order valence-corrected chi connectivity index (χ2v) is 5.33. The van der Waals surface area contributed by atoms with Gasteiger partial charge in [0.05, 0.1) is 6.61 Å². The number of ether oxygens (including phenoxy) is 1. The number of hydrogen-bond donors (Lipinski definition) is 2. The van der Waals surface area contributed by atoms with Gasteiger partial charge in [-0.05, 0) is 43.7 Å². The molecule has 1 fully saturated rings. The Hall–Kier alpha value is -1.39. The highest BCUT2D eigenvalue weighted by molar-refractivity contribution is 5.85. The van der Waals surface area contributed by atoms with E-state index in [1.165, 1.54) is 0 Å². The largest absolute Gasteiger partial charge is 0.380 e. The Morgan fingerprint density at radius 3 is 2.60 bits per heavy atom. The van der Waals surface area contributed by atoms with Gasteiger partial charge in [-0.3, -0.25) is 4.79 Å². The van der Waals surface area contributed by atoms with Crippen molar-refractivity contribution in [1.29, 1.82) is 0 Å². The molecule has 0 unspecified atom stereocenters. The van der Waals surface area contributed by atoms with Gasteiger partial charge in [-0.2, -0.15) is 0 Å². The highest BCUT2D eigenvalue weighted by Gasteiger charge is 2.38. The smallest absolute Gasteiger partial charge is 0.252 e. The van der Waals surface area contributed by atoms with Gasteiger partial charge in [0.1, 0.15) is 5.60 Å². The number of amides is 1. The lowest BCUT2D eigenvalue weighted by atomic mass is 10.0. The standard InChI is InChI=1S/C16H23NO3/c1-2-20-12-14-8-4-3-7-13(14)11-17-15(18)16(19)9-5-6-10-16/h3-4,7-8,19H,2,5-6,9-12H2,1H3,(H,17,18). The summed E-state index contributed by atoms with van der Waals surface area (Å²) in [6.07, 6.45) is 2.98. The van der Waals surface area contributed by atoms with Gasteiger partial charge in [0, 0.05) is 13.2 Å². The molecule has 0 aliphatic heterocycles. The van der Waals surface area contributed by atoms with Crippen LogP contribution in [-0.2, 0) is 22.7 Å². The summed E-state index contributed by atoms with van der Waals surface area (Å²) in [5, 5.41) is 13.1. The molecule has 0 radical (unpaired) electrons. The maximum atomic E-state index is 12.1. The van der Waals surface area contributed by atoms with Crippen molar-refractivity contribution in [3.05, 3.63) is 35.4 Å². The quantitative estimate of drug-likeness (QED) is 0.837. The van der Waals surface area contributed by atoms with Gasteiger partial charge in [-0.15, -0.1) is 0 Å². The summed E-state index contributed by atoms with van der Waals surface area (Å²) in [5.74, 6) is -0.249. The van der Waals surface area contributed by atoms with E-state index in [1.807, 2.05) is 31.2 Å². The van der Waals surface area contributed by atoms with E-state index in [0.717, 1.165) is 24.0 Å². The molecule has 1 amide bonds. The number of carbonyl (C=O) groups excluding carboxylic acids is 1. The van der Waals surface area contributed by atoms with Crippen LogP contribution in [0.25, 0.3) is 0 Å². The molecule has 0 aromatic heterocycles. The summed E-state index contributed by atoms with van der Waals surface area (Å²) in [7, 11) is 0. The first kappa shape index (κ1) is 15.0. The average Bonchev–Trinajstić information content (AvgIpc) is 2.91. The topological polar surface area (TPSA) is 58.6 Å². The molecule has 2 rings (SSSR count). The molecule has 4 nitrogen and oxygen atoms in total. The summed E-state index contributed by atoms with van der Waals surface area (Å²) in [5.41, 5.74) is 0.957. The van der Waals surface area contributed by atoms with Crippen molar-refractivity contribution in [2.75, 3.05) is 6.61 Å². The van der Waals surface area contributed by atoms with Gasteiger partial charge in [0.15, 0.2) is 0 Å². The van der Waals surface area contributed by atoms with Crippen LogP contribution in [0.4, 0.5) is 0 Å². The summed E-state index contributed by atoms with van der Waals surface area (Å²) in [6.45, 7) is 3.61. The van der Waals surface area contributed by atoms with Crippen LogP contribution in [0.2, 0.25) is 0 Å². The second kappa shape index (κ2) is 6.86. The number of benzene rings is 1. The maximum absolute atomic E-state index is 12.1. The van der Waals surface area contributed by atoms with Crippen LogP contribution in [0, 0.1) is 0 Å². The van der Waals surface area contributed by atoms with E-state index >= 15 is 0 Å². The van der Waals surface area contributed by atoms with Crippen LogP contribution < -0.4 is 5.32 Å². The van der Waals surface area contributed by atoms with Crippen LogP contribution in [0.3, 0.4) is 0 Å². The molecule has 1 saturated carbocycles. The molecule has 0 spiro atoms. The van der Waals surface area contributed by atoms with Crippen molar-refractivity contribution in [2.45, 2.75) is 51.4 Å². The third-order valence-corrected chi connectivity index (χ3v) is 3.87. The highest BCUT2D eigenvalue weighted by Crippen LogP contribution is 2.29. The van der Waals surface area contributed by atoms with E-state index in [-0.39, 0.29) is 5.91 Å². The van der Waals surface area contributed by atoms with Gasteiger partial charge in [-0.25, -0.2) is 0 Å². The van der Waals surface area contributed by atoms with E-state index in [2.05, 4.69) is 5.32 Å². The molecule has 1 aromatic carbocycles. The molecule has 4 heteroatoms. The monoisotopic (exact) mass is 277 g/mol. The Bertz CT molecular complexity index is 453. The van der Waals surface area contributed by atoms with E-state index in [1.54, 1.807) is 0 Å². The number of aliphatic hydroxyl groups is 1. The predicted molar refractivity (Wildman–Crippen MR) is 77.0 cm³/mol. The van der Waals surface area contributed by atoms with Gasteiger partial charge in [-0.1, -0.05) is 24.3 Å². The Balaban J connectivity index is 1.95. The Morgan fingerprint density at radius 1 is 1.30 bits per heavy atom. The molecule has 0 heterocycles. The van der Waals surface area contributed by atoms with Crippen LogP contribution in [0.5, 0.6) is 0 Å². The summed E-state index contributed by atoms with van der Waals surface area (Å²) in [6, 6.07) is 7.89. The molecule has 1 aliphatic carbocycles. The summed E-state index contributed by atoms with van der Waals surface area (Å²) < 4.78 is 5.42.